The van der Waals surface area contributed by atoms with Crippen molar-refractivity contribution in [3.8, 4) is 0 Å². The number of benzene rings is 1. The highest BCUT2D eigenvalue weighted by Crippen LogP contribution is 2.31. The molecule has 0 saturated heterocycles. The van der Waals surface area contributed by atoms with Crippen LogP contribution < -0.4 is 16.0 Å². The first-order valence-electron chi connectivity index (χ1n) is 19.2. The molecular weight excluding hydrogens is 679 g/mol. The van der Waals surface area contributed by atoms with E-state index >= 15 is 0 Å². The number of carbonyl (C=O) groups excluding carboxylic acids is 4. The third kappa shape index (κ3) is 12.7. The van der Waals surface area contributed by atoms with E-state index in [0.29, 0.717) is 18.5 Å². The minimum atomic E-state index is -1.40. The number of carbonyl (C=O) groups is 4. The molecule has 1 aromatic carbocycles. The number of hydrogen-bond acceptors (Lipinski definition) is 8. The van der Waals surface area contributed by atoms with E-state index in [0.717, 1.165) is 63.4 Å². The van der Waals surface area contributed by atoms with Gasteiger partial charge in [-0.05, 0) is 57.4 Å². The molecule has 2 fully saturated rings. The van der Waals surface area contributed by atoms with E-state index in [2.05, 4.69) is 20.9 Å². The van der Waals surface area contributed by atoms with E-state index in [1.165, 1.54) is 38.7 Å². The van der Waals surface area contributed by atoms with E-state index < -0.39 is 53.3 Å². The summed E-state index contributed by atoms with van der Waals surface area (Å²) in [6, 6.07) is 8.02. The molecule has 0 unspecified atom stereocenters. The maximum Gasteiger partial charge on any atom is 0.243 e. The fourth-order valence-electron chi connectivity index (χ4n) is 7.90. The first-order chi connectivity index (χ1) is 24.8. The molecule has 12 heteroatoms. The predicted octanol–water partition coefficient (Wildman–Crippen LogP) is 4.55. The van der Waals surface area contributed by atoms with Gasteiger partial charge in [-0.25, -0.2) is 4.98 Å². The number of aromatic nitrogens is 1. The maximum absolute atomic E-state index is 14.3. The van der Waals surface area contributed by atoms with Crippen molar-refractivity contribution in [1.82, 2.24) is 25.8 Å². The van der Waals surface area contributed by atoms with Crippen molar-refractivity contribution in [3.05, 3.63) is 52.5 Å². The van der Waals surface area contributed by atoms with Crippen molar-refractivity contribution in [1.29, 1.82) is 0 Å². The number of rotatable bonds is 18. The second-order valence-electron chi connectivity index (χ2n) is 15.6. The molecule has 4 rings (SSSR count). The highest BCUT2D eigenvalue weighted by atomic mass is 32.1. The monoisotopic (exact) mass is 739 g/mol. The molecule has 2 aromatic rings. The predicted molar refractivity (Wildman–Crippen MR) is 203 cm³/mol. The summed E-state index contributed by atoms with van der Waals surface area (Å²) in [5.41, 5.74) is 1.83. The fraction of sp³-hybridized carbons (Fsp3) is 0.675. The lowest BCUT2D eigenvalue weighted by atomic mass is 9.80. The standard InChI is InChI=1S/C40H61N5O6S/c1-40(2,51)32(38(49)41-3)24-35(46)33(21-28-16-10-6-11-17-28)43-39(50)34(23-30-25-52-26-42-30)44-37(48)29(20-27-14-8-5-9-15-27)22-36(47)45(4)31-18-12-7-13-19-31/h5,8-9,14-15,25-26,28-29,31-35,46,51H,6-7,10-13,16-24H2,1-4H3,(H,41,49)(H,43,50)(H,44,48)/t29-,32-,33+,34+,35+/m1/s1. The molecule has 4 amide bonds. The summed E-state index contributed by atoms with van der Waals surface area (Å²) in [7, 11) is 3.33. The Kier molecular flexibility index (Phi) is 16.1. The smallest absolute Gasteiger partial charge is 0.243 e. The molecule has 5 atom stereocenters. The zero-order chi connectivity index (χ0) is 37.7. The Hall–Kier alpha value is -3.35. The molecule has 0 radical (unpaired) electrons. The number of aliphatic hydroxyl groups excluding tert-OH is 1. The molecule has 52 heavy (non-hydrogen) atoms. The zero-order valence-electron chi connectivity index (χ0n) is 31.5. The highest BCUT2D eigenvalue weighted by molar-refractivity contribution is 7.07. The quantitative estimate of drug-likeness (QED) is 0.150. The van der Waals surface area contributed by atoms with Gasteiger partial charge < -0.3 is 31.1 Å². The van der Waals surface area contributed by atoms with Crippen LogP contribution in [0, 0.1) is 17.8 Å². The van der Waals surface area contributed by atoms with Gasteiger partial charge in [0, 0.05) is 38.4 Å². The Balaban J connectivity index is 1.57. The SMILES string of the molecule is CNC(=O)[C@@H](C[C@H](O)[C@H](CC1CCCCC1)NC(=O)[C@H](Cc1cscn1)NC(=O)[C@@H](CC(=O)N(C)C1CCCCC1)Cc1ccccc1)C(C)(C)O. The lowest BCUT2D eigenvalue weighted by molar-refractivity contribution is -0.138. The zero-order valence-corrected chi connectivity index (χ0v) is 32.3. The maximum atomic E-state index is 14.3. The summed E-state index contributed by atoms with van der Waals surface area (Å²) in [6.07, 6.45) is 10.3. The largest absolute Gasteiger partial charge is 0.391 e. The van der Waals surface area contributed by atoms with E-state index in [-0.39, 0.29) is 37.1 Å². The molecule has 1 aromatic heterocycles. The number of amides is 4. The van der Waals surface area contributed by atoms with Crippen LogP contribution >= 0.6 is 11.3 Å². The van der Waals surface area contributed by atoms with Gasteiger partial charge in [0.05, 0.1) is 40.8 Å². The van der Waals surface area contributed by atoms with Crippen molar-refractivity contribution in [3.63, 3.8) is 0 Å². The number of thiazole rings is 1. The van der Waals surface area contributed by atoms with Gasteiger partial charge in [0.15, 0.2) is 0 Å². The van der Waals surface area contributed by atoms with Crippen LogP contribution in [0.4, 0.5) is 0 Å². The van der Waals surface area contributed by atoms with Crippen LogP contribution in [0.1, 0.15) is 109 Å². The third-order valence-electron chi connectivity index (χ3n) is 11.2. The average Bonchev–Trinajstić information content (AvgIpc) is 3.66. The van der Waals surface area contributed by atoms with Gasteiger partial charge in [-0.2, -0.15) is 0 Å². The highest BCUT2D eigenvalue weighted by Gasteiger charge is 2.38. The first-order valence-corrected chi connectivity index (χ1v) is 20.2. The van der Waals surface area contributed by atoms with Gasteiger partial charge in [-0.15, -0.1) is 11.3 Å². The number of nitrogens with zero attached hydrogens (tertiary/aromatic N) is 2. The molecule has 0 aliphatic heterocycles. The van der Waals surface area contributed by atoms with Crippen LogP contribution in [0.15, 0.2) is 41.2 Å². The van der Waals surface area contributed by atoms with Gasteiger partial charge in [0.1, 0.15) is 6.04 Å². The molecule has 11 nitrogen and oxygen atoms in total. The molecule has 2 aliphatic carbocycles. The molecule has 288 valence electrons. The summed E-state index contributed by atoms with van der Waals surface area (Å²) in [4.78, 5) is 61.1. The van der Waals surface area contributed by atoms with Crippen molar-refractivity contribution in [2.75, 3.05) is 14.1 Å². The Morgan fingerprint density at radius 2 is 1.58 bits per heavy atom. The summed E-state index contributed by atoms with van der Waals surface area (Å²) in [6.45, 7) is 3.08. The van der Waals surface area contributed by atoms with E-state index in [1.807, 2.05) is 42.8 Å². The van der Waals surface area contributed by atoms with Gasteiger partial charge >= 0.3 is 0 Å². The van der Waals surface area contributed by atoms with Gasteiger partial charge in [-0.1, -0.05) is 81.7 Å². The lowest BCUT2D eigenvalue weighted by Crippen LogP contribution is -2.56. The normalized spacial score (nSPS) is 18.7. The van der Waals surface area contributed by atoms with E-state index in [4.69, 9.17) is 0 Å². The average molecular weight is 740 g/mol. The van der Waals surface area contributed by atoms with Gasteiger partial charge in [-0.3, -0.25) is 19.2 Å². The topological polar surface area (TPSA) is 161 Å². The lowest BCUT2D eigenvalue weighted by Gasteiger charge is -2.35. The second kappa shape index (κ2) is 20.2. The van der Waals surface area contributed by atoms with Gasteiger partial charge in [0.25, 0.3) is 0 Å². The Bertz CT molecular complexity index is 1410. The molecule has 5 N–H and O–H groups in total. The molecule has 2 saturated carbocycles. The molecular formula is C40H61N5O6S. The molecule has 2 aliphatic rings. The van der Waals surface area contributed by atoms with Crippen LogP contribution in [0.2, 0.25) is 0 Å². The van der Waals surface area contributed by atoms with Crippen molar-refractivity contribution in [2.45, 2.75) is 140 Å². The molecule has 1 heterocycles. The number of nitrogens with one attached hydrogen (secondary N) is 3. The molecule has 0 bridgehead atoms. The second-order valence-corrected chi connectivity index (χ2v) is 16.3. The van der Waals surface area contributed by atoms with Crippen LogP contribution in [-0.4, -0.2) is 87.7 Å². The summed E-state index contributed by atoms with van der Waals surface area (Å²) >= 11 is 1.39. The fourth-order valence-corrected chi connectivity index (χ4v) is 8.47. The number of aliphatic hydroxyl groups is 2. The van der Waals surface area contributed by atoms with E-state index in [9.17, 15) is 29.4 Å². The van der Waals surface area contributed by atoms with Crippen LogP contribution in [0.25, 0.3) is 0 Å². The summed E-state index contributed by atoms with van der Waals surface area (Å²) in [5.74, 6) is -2.68. The Morgan fingerprint density at radius 3 is 2.17 bits per heavy atom. The van der Waals surface area contributed by atoms with Crippen LogP contribution in [0.5, 0.6) is 0 Å². The first kappa shape index (κ1) is 41.4. The minimum absolute atomic E-state index is 0.0135. The van der Waals surface area contributed by atoms with Crippen molar-refractivity contribution >= 4 is 35.0 Å². The Morgan fingerprint density at radius 1 is 0.923 bits per heavy atom. The summed E-state index contributed by atoms with van der Waals surface area (Å²) < 4.78 is 0. The summed E-state index contributed by atoms with van der Waals surface area (Å²) in [5, 5.41) is 33.0. The third-order valence-corrected chi connectivity index (χ3v) is 11.8. The Labute approximate surface area is 313 Å². The van der Waals surface area contributed by atoms with Crippen molar-refractivity contribution in [2.24, 2.45) is 17.8 Å². The van der Waals surface area contributed by atoms with Gasteiger partial charge in [0.2, 0.25) is 23.6 Å². The minimum Gasteiger partial charge on any atom is -0.391 e. The van der Waals surface area contributed by atoms with Crippen molar-refractivity contribution < 1.29 is 29.4 Å². The molecule has 0 spiro atoms. The van der Waals surface area contributed by atoms with E-state index in [1.54, 1.807) is 10.4 Å². The van der Waals surface area contributed by atoms with Crippen LogP contribution in [0.3, 0.4) is 0 Å². The number of hydrogen-bond donors (Lipinski definition) is 5. The van der Waals surface area contributed by atoms with Crippen LogP contribution in [-0.2, 0) is 32.0 Å².